The molecule has 0 bridgehead atoms. The summed E-state index contributed by atoms with van der Waals surface area (Å²) in [4.78, 5) is 0.950. The van der Waals surface area contributed by atoms with Gasteiger partial charge in [-0.2, -0.15) is 0 Å². The summed E-state index contributed by atoms with van der Waals surface area (Å²) in [6.45, 7) is 1.86. The fraction of sp³-hybridized carbons (Fsp3) is 0.0909. The van der Waals surface area contributed by atoms with Gasteiger partial charge in [0.15, 0.2) is 0 Å². The van der Waals surface area contributed by atoms with Gasteiger partial charge in [-0.25, -0.2) is 8.42 Å². The van der Waals surface area contributed by atoms with Gasteiger partial charge in [-0.05, 0) is 53.2 Å². The van der Waals surface area contributed by atoms with E-state index in [1.807, 2.05) is 6.92 Å². The fourth-order valence-corrected chi connectivity index (χ4v) is 3.95. The lowest BCUT2D eigenvalue weighted by molar-refractivity contribution is 0.603. The van der Waals surface area contributed by atoms with E-state index in [1.165, 1.54) is 11.3 Å². The topological polar surface area (TPSA) is 72.2 Å². The molecule has 0 aliphatic heterocycles. The molecule has 0 aliphatic rings. The molecule has 0 spiro atoms. The number of hydrogen-bond donors (Lipinski definition) is 2. The van der Waals surface area contributed by atoms with E-state index in [-0.39, 0.29) is 0 Å². The van der Waals surface area contributed by atoms with Crippen molar-refractivity contribution in [3.8, 4) is 0 Å². The number of aryl methyl sites for hydroxylation is 1. The third-order valence-corrected chi connectivity index (χ3v) is 5.82. The van der Waals surface area contributed by atoms with Crippen molar-refractivity contribution >= 4 is 48.7 Å². The number of nitrogens with one attached hydrogen (secondary N) is 1. The lowest BCUT2D eigenvalue weighted by atomic mass is 10.3. The van der Waals surface area contributed by atoms with Gasteiger partial charge in [0.05, 0.1) is 5.69 Å². The van der Waals surface area contributed by atoms with Gasteiger partial charge in [-0.3, -0.25) is 4.72 Å². The van der Waals surface area contributed by atoms with Gasteiger partial charge in [0.1, 0.15) is 4.21 Å². The van der Waals surface area contributed by atoms with Crippen molar-refractivity contribution in [1.82, 2.24) is 0 Å². The van der Waals surface area contributed by atoms with Crippen LogP contribution in [-0.4, -0.2) is 8.42 Å². The molecule has 2 aromatic rings. The highest BCUT2D eigenvalue weighted by Gasteiger charge is 2.16. The molecule has 0 amide bonds. The molecule has 0 fully saturated rings. The zero-order valence-electron chi connectivity index (χ0n) is 9.48. The average Bonchev–Trinajstić information content (AvgIpc) is 2.71. The molecule has 4 nitrogen and oxygen atoms in total. The zero-order chi connectivity index (χ0) is 13.3. The standard InChI is InChI=1S/C11H11BrN2O2S2/c1-7-2-5-11(17-7)18(15,16)14-8-3-4-9(12)10(13)6-8/h2-6,14H,13H2,1H3. The lowest BCUT2D eigenvalue weighted by Crippen LogP contribution is -2.11. The van der Waals surface area contributed by atoms with Crippen LogP contribution in [0.1, 0.15) is 4.88 Å². The first-order valence-corrected chi connectivity index (χ1v) is 8.12. The summed E-state index contributed by atoms with van der Waals surface area (Å²) in [7, 11) is -3.52. The van der Waals surface area contributed by atoms with E-state index >= 15 is 0 Å². The highest BCUT2D eigenvalue weighted by molar-refractivity contribution is 9.10. The number of anilines is 2. The predicted molar refractivity (Wildman–Crippen MR) is 78.4 cm³/mol. The quantitative estimate of drug-likeness (QED) is 0.838. The molecule has 0 saturated carbocycles. The minimum Gasteiger partial charge on any atom is -0.398 e. The smallest absolute Gasteiger partial charge is 0.271 e. The number of rotatable bonds is 3. The summed E-state index contributed by atoms with van der Waals surface area (Å²) < 4.78 is 27.6. The molecule has 0 radical (unpaired) electrons. The molecule has 0 unspecified atom stereocenters. The Kier molecular flexibility index (Phi) is 3.65. The Morgan fingerprint density at radius 3 is 2.56 bits per heavy atom. The Morgan fingerprint density at radius 2 is 2.00 bits per heavy atom. The van der Waals surface area contributed by atoms with E-state index in [0.717, 1.165) is 9.35 Å². The Hall–Kier alpha value is -1.05. The molecule has 0 saturated heterocycles. The molecule has 7 heteroatoms. The Bertz CT molecular complexity index is 680. The average molecular weight is 347 g/mol. The molecule has 96 valence electrons. The highest BCUT2D eigenvalue weighted by Crippen LogP contribution is 2.26. The van der Waals surface area contributed by atoms with Crippen molar-refractivity contribution in [1.29, 1.82) is 0 Å². The van der Waals surface area contributed by atoms with Crippen molar-refractivity contribution < 1.29 is 8.42 Å². The fourth-order valence-electron chi connectivity index (χ4n) is 1.37. The van der Waals surface area contributed by atoms with Crippen molar-refractivity contribution in [2.75, 3.05) is 10.5 Å². The number of thiophene rings is 1. The first-order chi connectivity index (χ1) is 8.38. The van der Waals surface area contributed by atoms with Crippen LogP contribution in [0.25, 0.3) is 0 Å². The third kappa shape index (κ3) is 2.85. The van der Waals surface area contributed by atoms with E-state index in [0.29, 0.717) is 15.6 Å². The maximum absolute atomic E-state index is 12.1. The first kappa shape index (κ1) is 13.4. The Labute approximate surface area is 118 Å². The first-order valence-electron chi connectivity index (χ1n) is 5.03. The number of halogens is 1. The van der Waals surface area contributed by atoms with Gasteiger partial charge >= 0.3 is 0 Å². The summed E-state index contributed by atoms with van der Waals surface area (Å²) in [5, 5.41) is 0. The van der Waals surface area contributed by atoms with Crippen molar-refractivity contribution in [3.63, 3.8) is 0 Å². The van der Waals surface area contributed by atoms with E-state index in [1.54, 1.807) is 30.3 Å². The molecule has 1 heterocycles. The Balaban J connectivity index is 2.30. The SMILES string of the molecule is Cc1ccc(S(=O)(=O)Nc2ccc(Br)c(N)c2)s1. The second-order valence-corrected chi connectivity index (χ2v) is 7.76. The van der Waals surface area contributed by atoms with Gasteiger partial charge in [-0.1, -0.05) is 0 Å². The van der Waals surface area contributed by atoms with E-state index in [4.69, 9.17) is 5.73 Å². The van der Waals surface area contributed by atoms with Gasteiger partial charge < -0.3 is 5.73 Å². The molecule has 0 aliphatic carbocycles. The maximum Gasteiger partial charge on any atom is 0.271 e. The van der Waals surface area contributed by atoms with Crippen LogP contribution in [0.4, 0.5) is 11.4 Å². The minimum atomic E-state index is -3.52. The van der Waals surface area contributed by atoms with Crippen LogP contribution >= 0.6 is 27.3 Å². The van der Waals surface area contributed by atoms with E-state index < -0.39 is 10.0 Å². The van der Waals surface area contributed by atoms with Gasteiger partial charge in [0.2, 0.25) is 0 Å². The van der Waals surface area contributed by atoms with Crippen LogP contribution < -0.4 is 10.5 Å². The number of hydrogen-bond acceptors (Lipinski definition) is 4. The van der Waals surface area contributed by atoms with Crippen LogP contribution in [0, 0.1) is 6.92 Å². The molecule has 2 rings (SSSR count). The summed E-state index contributed by atoms with van der Waals surface area (Å²) >= 11 is 4.49. The van der Waals surface area contributed by atoms with Gasteiger partial charge in [0, 0.05) is 15.0 Å². The molecule has 3 N–H and O–H groups in total. The van der Waals surface area contributed by atoms with Crippen LogP contribution in [0.3, 0.4) is 0 Å². The second kappa shape index (κ2) is 4.91. The van der Waals surface area contributed by atoms with Crippen LogP contribution in [0.2, 0.25) is 0 Å². The summed E-state index contributed by atoms with van der Waals surface area (Å²) in [6.07, 6.45) is 0. The molecular weight excluding hydrogens is 336 g/mol. The number of nitrogen functional groups attached to an aromatic ring is 1. The largest absolute Gasteiger partial charge is 0.398 e. The lowest BCUT2D eigenvalue weighted by Gasteiger charge is -2.07. The molecule has 18 heavy (non-hydrogen) atoms. The van der Waals surface area contributed by atoms with E-state index in [2.05, 4.69) is 20.7 Å². The zero-order valence-corrected chi connectivity index (χ0v) is 12.7. The highest BCUT2D eigenvalue weighted by atomic mass is 79.9. The molecular formula is C11H11BrN2O2S2. The number of benzene rings is 1. The molecule has 1 aromatic carbocycles. The molecule has 0 atom stereocenters. The summed E-state index contributed by atoms with van der Waals surface area (Å²) in [5.74, 6) is 0. The monoisotopic (exact) mass is 346 g/mol. The van der Waals surface area contributed by atoms with Crippen molar-refractivity contribution in [2.24, 2.45) is 0 Å². The second-order valence-electron chi connectivity index (χ2n) is 3.71. The summed E-state index contributed by atoms with van der Waals surface area (Å²) in [5.41, 5.74) is 6.63. The maximum atomic E-state index is 12.1. The number of nitrogens with two attached hydrogens (primary N) is 1. The van der Waals surface area contributed by atoms with Gasteiger partial charge in [-0.15, -0.1) is 11.3 Å². The molecule has 1 aromatic heterocycles. The number of sulfonamides is 1. The van der Waals surface area contributed by atoms with Gasteiger partial charge in [0.25, 0.3) is 10.0 Å². The van der Waals surface area contributed by atoms with Crippen molar-refractivity contribution in [2.45, 2.75) is 11.1 Å². The predicted octanol–water partition coefficient (Wildman–Crippen LogP) is 3.20. The third-order valence-electron chi connectivity index (χ3n) is 2.23. The van der Waals surface area contributed by atoms with Crippen LogP contribution in [0.15, 0.2) is 39.0 Å². The Morgan fingerprint density at radius 1 is 1.28 bits per heavy atom. The summed E-state index contributed by atoms with van der Waals surface area (Å²) in [6, 6.07) is 8.28. The normalized spacial score (nSPS) is 11.4. The van der Waals surface area contributed by atoms with Crippen LogP contribution in [0.5, 0.6) is 0 Å². The van der Waals surface area contributed by atoms with E-state index in [9.17, 15) is 8.42 Å². The minimum absolute atomic E-state index is 0.293. The van der Waals surface area contributed by atoms with Crippen molar-refractivity contribution in [3.05, 3.63) is 39.7 Å². The van der Waals surface area contributed by atoms with Crippen LogP contribution in [-0.2, 0) is 10.0 Å².